The molecule has 1 unspecified atom stereocenters. The number of aliphatic imine (C=N–C) groups is 1. The Hall–Kier alpha value is -3.26. The van der Waals surface area contributed by atoms with Gasteiger partial charge in [-0.15, -0.1) is 6.42 Å². The third-order valence-corrected chi connectivity index (χ3v) is 3.61. The Morgan fingerprint density at radius 1 is 1.20 bits per heavy atom. The average molecular weight is 334 g/mol. The van der Waals surface area contributed by atoms with Crippen LogP contribution in [-0.2, 0) is 4.79 Å². The van der Waals surface area contributed by atoms with E-state index in [0.717, 1.165) is 11.1 Å². The lowest BCUT2D eigenvalue weighted by molar-refractivity contribution is -0.115. The number of guanidine groups is 1. The first-order valence-corrected chi connectivity index (χ1v) is 8.01. The lowest BCUT2D eigenvalue weighted by Gasteiger charge is -2.18. The van der Waals surface area contributed by atoms with Crippen LogP contribution >= 0.6 is 0 Å². The van der Waals surface area contributed by atoms with E-state index in [-0.39, 0.29) is 18.5 Å². The number of anilines is 1. The first-order valence-electron chi connectivity index (χ1n) is 8.01. The fourth-order valence-electron chi connectivity index (χ4n) is 2.28. The fourth-order valence-corrected chi connectivity index (χ4v) is 2.28. The highest BCUT2D eigenvalue weighted by Crippen LogP contribution is 2.11. The molecule has 0 radical (unpaired) electrons. The van der Waals surface area contributed by atoms with Gasteiger partial charge in [-0.1, -0.05) is 42.3 Å². The Balaban J connectivity index is 1.85. The van der Waals surface area contributed by atoms with Gasteiger partial charge in [-0.05, 0) is 30.7 Å². The summed E-state index contributed by atoms with van der Waals surface area (Å²) in [4.78, 5) is 16.2. The van der Waals surface area contributed by atoms with E-state index in [1.165, 1.54) is 0 Å². The molecule has 0 saturated carbocycles. The molecule has 2 rings (SSSR count). The molecule has 0 fully saturated rings. The van der Waals surface area contributed by atoms with Gasteiger partial charge in [0, 0.05) is 18.3 Å². The topological polar surface area (TPSA) is 65.5 Å². The summed E-state index contributed by atoms with van der Waals surface area (Å²) in [5, 5.41) is 9.06. The second-order valence-electron chi connectivity index (χ2n) is 5.48. The van der Waals surface area contributed by atoms with Crippen molar-refractivity contribution in [2.75, 3.05) is 18.9 Å². The van der Waals surface area contributed by atoms with E-state index in [0.29, 0.717) is 11.6 Å². The summed E-state index contributed by atoms with van der Waals surface area (Å²) in [6, 6.07) is 17.3. The zero-order valence-electron chi connectivity index (χ0n) is 14.4. The van der Waals surface area contributed by atoms with Crippen LogP contribution < -0.4 is 16.0 Å². The Morgan fingerprint density at radius 3 is 2.64 bits per heavy atom. The zero-order chi connectivity index (χ0) is 18.1. The summed E-state index contributed by atoms with van der Waals surface area (Å²) in [5.41, 5.74) is 2.53. The van der Waals surface area contributed by atoms with E-state index >= 15 is 0 Å². The highest BCUT2D eigenvalue weighted by molar-refractivity contribution is 5.95. The lowest BCUT2D eigenvalue weighted by atomic mass is 10.1. The summed E-state index contributed by atoms with van der Waals surface area (Å²) >= 11 is 0. The monoisotopic (exact) mass is 334 g/mol. The predicted octanol–water partition coefficient (Wildman–Crippen LogP) is 2.53. The normalized spacial score (nSPS) is 12.0. The predicted molar refractivity (Wildman–Crippen MR) is 102 cm³/mol. The van der Waals surface area contributed by atoms with Crippen LogP contribution in [0.4, 0.5) is 5.69 Å². The largest absolute Gasteiger partial charge is 0.350 e. The molecule has 5 nitrogen and oxygen atoms in total. The Labute approximate surface area is 148 Å². The van der Waals surface area contributed by atoms with E-state index in [4.69, 9.17) is 6.42 Å². The number of nitrogens with zero attached hydrogens (tertiary/aromatic N) is 1. The van der Waals surface area contributed by atoms with Gasteiger partial charge >= 0.3 is 0 Å². The SMILES string of the molecule is C#Cc1cccc(NC(=O)CNC(=NC)NC(C)c2ccccc2)c1. The van der Waals surface area contributed by atoms with Crippen LogP contribution in [0.15, 0.2) is 59.6 Å². The highest BCUT2D eigenvalue weighted by Gasteiger charge is 2.09. The van der Waals surface area contributed by atoms with E-state index in [1.54, 1.807) is 25.2 Å². The molecule has 0 bridgehead atoms. The number of carbonyl (C=O) groups excluding carboxylic acids is 1. The second-order valence-corrected chi connectivity index (χ2v) is 5.48. The Morgan fingerprint density at radius 2 is 1.96 bits per heavy atom. The van der Waals surface area contributed by atoms with E-state index in [9.17, 15) is 4.79 Å². The minimum Gasteiger partial charge on any atom is -0.350 e. The van der Waals surface area contributed by atoms with Gasteiger partial charge in [-0.25, -0.2) is 0 Å². The Kier molecular flexibility index (Phi) is 6.61. The number of carbonyl (C=O) groups is 1. The molecule has 3 N–H and O–H groups in total. The first kappa shape index (κ1) is 18.1. The molecule has 0 aliphatic rings. The summed E-state index contributed by atoms with van der Waals surface area (Å²) in [6.45, 7) is 2.13. The zero-order valence-corrected chi connectivity index (χ0v) is 14.4. The number of hydrogen-bond donors (Lipinski definition) is 3. The maximum Gasteiger partial charge on any atom is 0.243 e. The fraction of sp³-hybridized carbons (Fsp3) is 0.200. The molecule has 0 heterocycles. The maximum absolute atomic E-state index is 12.1. The second kappa shape index (κ2) is 9.14. The average Bonchev–Trinajstić information content (AvgIpc) is 2.65. The van der Waals surface area contributed by atoms with Crippen LogP contribution in [0.5, 0.6) is 0 Å². The van der Waals surface area contributed by atoms with E-state index in [1.807, 2.05) is 43.3 Å². The molecular weight excluding hydrogens is 312 g/mol. The molecule has 0 aromatic heterocycles. The molecule has 2 aromatic carbocycles. The highest BCUT2D eigenvalue weighted by atomic mass is 16.1. The smallest absolute Gasteiger partial charge is 0.243 e. The molecule has 1 amide bonds. The summed E-state index contributed by atoms with van der Waals surface area (Å²) < 4.78 is 0. The van der Waals surface area contributed by atoms with Crippen molar-refractivity contribution in [3.63, 3.8) is 0 Å². The number of amides is 1. The van der Waals surface area contributed by atoms with Crippen LogP contribution in [-0.4, -0.2) is 25.5 Å². The van der Waals surface area contributed by atoms with Gasteiger partial charge in [0.2, 0.25) is 5.91 Å². The molecule has 0 aliphatic carbocycles. The molecule has 0 saturated heterocycles. The standard InChI is InChI=1S/C20H22N4O/c1-4-16-9-8-12-18(13-16)24-19(25)14-22-20(21-3)23-15(2)17-10-6-5-7-11-17/h1,5-13,15H,14H2,2-3H3,(H,24,25)(H2,21,22,23). The lowest BCUT2D eigenvalue weighted by Crippen LogP contribution is -2.42. The van der Waals surface area contributed by atoms with Crippen molar-refractivity contribution in [3.8, 4) is 12.3 Å². The Bertz CT molecular complexity index is 778. The van der Waals surface area contributed by atoms with Crippen LogP contribution in [0.2, 0.25) is 0 Å². The van der Waals surface area contributed by atoms with Crippen LogP contribution in [0, 0.1) is 12.3 Å². The molecule has 128 valence electrons. The van der Waals surface area contributed by atoms with Crippen molar-refractivity contribution in [1.82, 2.24) is 10.6 Å². The summed E-state index contributed by atoms with van der Waals surface area (Å²) in [7, 11) is 1.67. The van der Waals surface area contributed by atoms with Crippen LogP contribution in [0.3, 0.4) is 0 Å². The van der Waals surface area contributed by atoms with E-state index < -0.39 is 0 Å². The van der Waals surface area contributed by atoms with Gasteiger partial charge in [0.15, 0.2) is 5.96 Å². The maximum atomic E-state index is 12.1. The summed E-state index contributed by atoms with van der Waals surface area (Å²) in [6.07, 6.45) is 5.36. The molecule has 5 heteroatoms. The van der Waals surface area contributed by atoms with Crippen molar-refractivity contribution in [2.24, 2.45) is 4.99 Å². The van der Waals surface area contributed by atoms with Crippen LogP contribution in [0.25, 0.3) is 0 Å². The quantitative estimate of drug-likeness (QED) is 0.447. The molecule has 0 aliphatic heterocycles. The number of terminal acetylenes is 1. The van der Waals surface area contributed by atoms with Crippen LogP contribution in [0.1, 0.15) is 24.1 Å². The van der Waals surface area contributed by atoms with E-state index in [2.05, 4.69) is 26.9 Å². The minimum absolute atomic E-state index is 0.0720. The van der Waals surface area contributed by atoms with Gasteiger partial charge in [-0.3, -0.25) is 9.79 Å². The minimum atomic E-state index is -0.176. The summed E-state index contributed by atoms with van der Waals surface area (Å²) in [5.74, 6) is 2.92. The molecule has 0 spiro atoms. The molecule has 2 aromatic rings. The number of nitrogens with one attached hydrogen (secondary N) is 3. The van der Waals surface area contributed by atoms with Gasteiger partial charge in [0.1, 0.15) is 0 Å². The third kappa shape index (κ3) is 5.70. The number of rotatable bonds is 5. The van der Waals surface area contributed by atoms with Crippen molar-refractivity contribution < 1.29 is 4.79 Å². The number of hydrogen-bond acceptors (Lipinski definition) is 2. The van der Waals surface area contributed by atoms with Crippen molar-refractivity contribution in [3.05, 3.63) is 65.7 Å². The molecule has 1 atom stereocenters. The third-order valence-electron chi connectivity index (χ3n) is 3.61. The first-order chi connectivity index (χ1) is 12.1. The molecule has 25 heavy (non-hydrogen) atoms. The number of benzene rings is 2. The van der Waals surface area contributed by atoms with Gasteiger partial charge in [0.05, 0.1) is 12.6 Å². The molecular formula is C20H22N4O. The van der Waals surface area contributed by atoms with Gasteiger partial charge < -0.3 is 16.0 Å². The van der Waals surface area contributed by atoms with Gasteiger partial charge in [0.25, 0.3) is 0 Å². The van der Waals surface area contributed by atoms with Crippen molar-refractivity contribution in [2.45, 2.75) is 13.0 Å². The van der Waals surface area contributed by atoms with Crippen molar-refractivity contribution in [1.29, 1.82) is 0 Å². The van der Waals surface area contributed by atoms with Gasteiger partial charge in [-0.2, -0.15) is 0 Å². The van der Waals surface area contributed by atoms with Crippen molar-refractivity contribution >= 4 is 17.6 Å².